The van der Waals surface area contributed by atoms with Crippen LogP contribution in [0.5, 0.6) is 0 Å². The van der Waals surface area contributed by atoms with Crippen LogP contribution in [0.3, 0.4) is 0 Å². The lowest BCUT2D eigenvalue weighted by molar-refractivity contribution is -0.119. The molecule has 1 atom stereocenters. The molecule has 7 nitrogen and oxygen atoms in total. The Morgan fingerprint density at radius 2 is 1.85 bits per heavy atom. The normalized spacial score (nSPS) is 11.8. The number of aryl methyl sites for hydroxylation is 2. The number of nitrogens with zero attached hydrogens (tertiary/aromatic N) is 3. The third-order valence-corrected chi connectivity index (χ3v) is 6.42. The van der Waals surface area contributed by atoms with Crippen LogP contribution in [0.1, 0.15) is 45.4 Å². The number of thiazole rings is 1. The van der Waals surface area contributed by atoms with E-state index in [-0.39, 0.29) is 11.8 Å². The van der Waals surface area contributed by atoms with Gasteiger partial charge in [-0.1, -0.05) is 41.9 Å². The minimum Gasteiger partial charge on any atom is -0.323 e. The molecule has 174 valence electrons. The largest absolute Gasteiger partial charge is 0.323 e. The molecule has 1 unspecified atom stereocenters. The molecule has 2 aromatic heterocycles. The second-order valence-electron chi connectivity index (χ2n) is 7.97. The standard InChI is InChI=1S/C25H24ClN5O2S/c1-15-11-16(2)31(30-15)17(3)24(32)29-21-10-9-19(13-20(21)26)27-25(33)22-14-34-23(28-22)12-18-7-5-4-6-8-18/h4-11,13-14,17H,12H2,1-3H3,(H,27,33)(H,29,32). The Labute approximate surface area is 206 Å². The van der Waals surface area contributed by atoms with Crippen LogP contribution in [0.4, 0.5) is 11.4 Å². The molecule has 0 radical (unpaired) electrons. The molecule has 0 fully saturated rings. The highest BCUT2D eigenvalue weighted by Gasteiger charge is 2.19. The number of halogens is 1. The number of anilines is 2. The monoisotopic (exact) mass is 493 g/mol. The van der Waals surface area contributed by atoms with E-state index in [4.69, 9.17) is 11.6 Å². The number of amides is 2. The molecule has 0 aliphatic heterocycles. The first kappa shape index (κ1) is 23.7. The van der Waals surface area contributed by atoms with E-state index in [1.165, 1.54) is 11.3 Å². The van der Waals surface area contributed by atoms with Crippen LogP contribution < -0.4 is 10.6 Å². The maximum Gasteiger partial charge on any atom is 0.275 e. The van der Waals surface area contributed by atoms with E-state index in [0.717, 1.165) is 22.0 Å². The lowest BCUT2D eigenvalue weighted by Crippen LogP contribution is -2.25. The fourth-order valence-electron chi connectivity index (χ4n) is 3.54. The number of benzene rings is 2. The molecular weight excluding hydrogens is 470 g/mol. The molecular formula is C25H24ClN5O2S. The van der Waals surface area contributed by atoms with Gasteiger partial charge < -0.3 is 10.6 Å². The molecule has 2 heterocycles. The van der Waals surface area contributed by atoms with E-state index in [1.807, 2.05) is 50.2 Å². The van der Waals surface area contributed by atoms with E-state index in [1.54, 1.807) is 35.2 Å². The summed E-state index contributed by atoms with van der Waals surface area (Å²) >= 11 is 7.83. The Kier molecular flexibility index (Phi) is 7.09. The van der Waals surface area contributed by atoms with Crippen molar-refractivity contribution in [1.82, 2.24) is 14.8 Å². The minimum absolute atomic E-state index is 0.238. The number of carbonyl (C=O) groups excluding carboxylic acids is 2. The van der Waals surface area contributed by atoms with Crippen LogP contribution in [0.25, 0.3) is 0 Å². The summed E-state index contributed by atoms with van der Waals surface area (Å²) in [5, 5.41) is 12.9. The summed E-state index contributed by atoms with van der Waals surface area (Å²) in [6.07, 6.45) is 0.676. The number of rotatable bonds is 7. The van der Waals surface area contributed by atoms with Crippen molar-refractivity contribution in [3.8, 4) is 0 Å². The molecule has 0 bridgehead atoms. The topological polar surface area (TPSA) is 88.9 Å². The summed E-state index contributed by atoms with van der Waals surface area (Å²) in [7, 11) is 0. The number of hydrogen-bond acceptors (Lipinski definition) is 5. The molecule has 0 saturated carbocycles. The Bertz CT molecular complexity index is 1330. The molecule has 9 heteroatoms. The lowest BCUT2D eigenvalue weighted by atomic mass is 10.2. The van der Waals surface area contributed by atoms with Crippen molar-refractivity contribution in [2.24, 2.45) is 0 Å². The van der Waals surface area contributed by atoms with Crippen molar-refractivity contribution in [1.29, 1.82) is 0 Å². The highest BCUT2D eigenvalue weighted by molar-refractivity contribution is 7.09. The summed E-state index contributed by atoms with van der Waals surface area (Å²) in [5.41, 5.74) is 4.21. The predicted molar refractivity (Wildman–Crippen MR) is 136 cm³/mol. The van der Waals surface area contributed by atoms with Gasteiger partial charge in [0.15, 0.2) is 0 Å². The third-order valence-electron chi connectivity index (χ3n) is 5.26. The molecule has 2 aromatic carbocycles. The highest BCUT2D eigenvalue weighted by atomic mass is 35.5. The van der Waals surface area contributed by atoms with Crippen molar-refractivity contribution < 1.29 is 9.59 Å². The number of carbonyl (C=O) groups is 2. The second kappa shape index (κ2) is 10.2. The first-order chi connectivity index (χ1) is 16.3. The smallest absolute Gasteiger partial charge is 0.275 e. The van der Waals surface area contributed by atoms with Gasteiger partial charge in [0.2, 0.25) is 5.91 Å². The molecule has 0 saturated heterocycles. The van der Waals surface area contributed by atoms with Crippen molar-refractivity contribution in [3.05, 3.63) is 92.7 Å². The van der Waals surface area contributed by atoms with E-state index in [0.29, 0.717) is 28.5 Å². The van der Waals surface area contributed by atoms with Crippen LogP contribution in [-0.4, -0.2) is 26.6 Å². The Morgan fingerprint density at radius 1 is 1.09 bits per heavy atom. The summed E-state index contributed by atoms with van der Waals surface area (Å²) < 4.78 is 1.67. The zero-order valence-corrected chi connectivity index (χ0v) is 20.6. The number of hydrogen-bond donors (Lipinski definition) is 2. The molecule has 0 aliphatic rings. The van der Waals surface area contributed by atoms with Crippen LogP contribution in [0, 0.1) is 13.8 Å². The molecule has 34 heavy (non-hydrogen) atoms. The Balaban J connectivity index is 1.39. The van der Waals surface area contributed by atoms with Gasteiger partial charge >= 0.3 is 0 Å². The first-order valence-electron chi connectivity index (χ1n) is 10.7. The molecule has 2 amide bonds. The van der Waals surface area contributed by atoms with E-state index in [2.05, 4.69) is 20.7 Å². The van der Waals surface area contributed by atoms with Crippen LogP contribution in [0.2, 0.25) is 5.02 Å². The molecule has 0 aliphatic carbocycles. The Hall–Kier alpha value is -3.49. The van der Waals surface area contributed by atoms with Gasteiger partial charge in [0.05, 0.1) is 21.4 Å². The maximum absolute atomic E-state index is 12.7. The summed E-state index contributed by atoms with van der Waals surface area (Å²) in [6.45, 7) is 5.56. The fraction of sp³-hybridized carbons (Fsp3) is 0.200. The first-order valence-corrected chi connectivity index (χ1v) is 12.0. The quantitative estimate of drug-likeness (QED) is 0.348. The van der Waals surface area contributed by atoms with Gasteiger partial charge in [-0.25, -0.2) is 4.98 Å². The van der Waals surface area contributed by atoms with Gasteiger partial charge in [0, 0.05) is 23.2 Å². The fourth-order valence-corrected chi connectivity index (χ4v) is 4.58. The van der Waals surface area contributed by atoms with E-state index < -0.39 is 6.04 Å². The zero-order valence-electron chi connectivity index (χ0n) is 19.0. The molecule has 2 N–H and O–H groups in total. The summed E-state index contributed by atoms with van der Waals surface area (Å²) in [4.78, 5) is 29.8. The van der Waals surface area contributed by atoms with Crippen molar-refractivity contribution in [3.63, 3.8) is 0 Å². The maximum atomic E-state index is 12.7. The van der Waals surface area contributed by atoms with E-state index >= 15 is 0 Å². The Morgan fingerprint density at radius 3 is 2.53 bits per heavy atom. The van der Waals surface area contributed by atoms with Gasteiger partial charge in [-0.15, -0.1) is 11.3 Å². The van der Waals surface area contributed by atoms with Crippen molar-refractivity contribution >= 4 is 46.1 Å². The van der Waals surface area contributed by atoms with Gasteiger partial charge in [0.1, 0.15) is 11.7 Å². The van der Waals surface area contributed by atoms with E-state index in [9.17, 15) is 9.59 Å². The minimum atomic E-state index is -0.501. The van der Waals surface area contributed by atoms with Crippen molar-refractivity contribution in [2.45, 2.75) is 33.2 Å². The van der Waals surface area contributed by atoms with Gasteiger partial charge in [0.25, 0.3) is 5.91 Å². The van der Waals surface area contributed by atoms with Gasteiger partial charge in [-0.3, -0.25) is 14.3 Å². The average molecular weight is 494 g/mol. The van der Waals surface area contributed by atoms with Gasteiger partial charge in [-0.05, 0) is 50.6 Å². The molecule has 4 rings (SSSR count). The van der Waals surface area contributed by atoms with Crippen LogP contribution >= 0.6 is 22.9 Å². The zero-order chi connectivity index (χ0) is 24.2. The van der Waals surface area contributed by atoms with Gasteiger partial charge in [-0.2, -0.15) is 5.10 Å². The lowest BCUT2D eigenvalue weighted by Gasteiger charge is -2.15. The third kappa shape index (κ3) is 5.52. The molecule has 4 aromatic rings. The summed E-state index contributed by atoms with van der Waals surface area (Å²) in [5.74, 6) is -0.556. The number of aromatic nitrogens is 3. The second-order valence-corrected chi connectivity index (χ2v) is 9.32. The number of nitrogens with one attached hydrogen (secondary N) is 2. The van der Waals surface area contributed by atoms with Crippen LogP contribution in [-0.2, 0) is 11.2 Å². The molecule has 0 spiro atoms. The predicted octanol–water partition coefficient (Wildman–Crippen LogP) is 5.65. The SMILES string of the molecule is Cc1cc(C)n(C(C)C(=O)Nc2ccc(NC(=O)c3csc(Cc4ccccc4)n3)cc2Cl)n1. The highest BCUT2D eigenvalue weighted by Crippen LogP contribution is 2.27. The van der Waals surface area contributed by atoms with Crippen molar-refractivity contribution in [2.75, 3.05) is 10.6 Å². The summed E-state index contributed by atoms with van der Waals surface area (Å²) in [6, 6.07) is 16.3. The average Bonchev–Trinajstić information content (AvgIpc) is 3.41. The van der Waals surface area contributed by atoms with Crippen LogP contribution in [0.15, 0.2) is 60.0 Å².